The molecule has 5 heteroatoms. The Bertz CT molecular complexity index is 521. The lowest BCUT2D eigenvalue weighted by Crippen LogP contribution is -2.45. The Kier molecular flexibility index (Phi) is 3.61. The summed E-state index contributed by atoms with van der Waals surface area (Å²) >= 11 is 0. The second-order valence-corrected chi connectivity index (χ2v) is 5.56. The van der Waals surface area contributed by atoms with Gasteiger partial charge in [-0.2, -0.15) is 0 Å². The van der Waals surface area contributed by atoms with E-state index in [2.05, 4.69) is 5.32 Å². The van der Waals surface area contributed by atoms with Crippen molar-refractivity contribution in [2.45, 2.75) is 37.8 Å². The van der Waals surface area contributed by atoms with Gasteiger partial charge in [0.05, 0.1) is 18.7 Å². The molecule has 2 amide bonds. The zero-order valence-electron chi connectivity index (χ0n) is 11.3. The van der Waals surface area contributed by atoms with Crippen LogP contribution in [0.4, 0.5) is 9.18 Å². The molecule has 1 heterocycles. The highest BCUT2D eigenvalue weighted by Gasteiger charge is 2.31. The first-order valence-corrected chi connectivity index (χ1v) is 7.15. The molecule has 2 N–H and O–H groups in total. The Hall–Kier alpha value is -1.62. The van der Waals surface area contributed by atoms with Crippen molar-refractivity contribution in [3.63, 3.8) is 0 Å². The summed E-state index contributed by atoms with van der Waals surface area (Å²) in [5.41, 5.74) is 2.00. The molecular formula is C15H19FN2O2. The van der Waals surface area contributed by atoms with E-state index in [-0.39, 0.29) is 30.5 Å². The summed E-state index contributed by atoms with van der Waals surface area (Å²) < 4.78 is 13.2. The minimum atomic E-state index is -0.226. The van der Waals surface area contributed by atoms with Crippen LogP contribution in [0.1, 0.15) is 36.4 Å². The van der Waals surface area contributed by atoms with Gasteiger partial charge < -0.3 is 15.3 Å². The molecule has 0 saturated carbocycles. The zero-order valence-corrected chi connectivity index (χ0v) is 11.3. The van der Waals surface area contributed by atoms with Crippen LogP contribution < -0.4 is 5.32 Å². The molecular weight excluding hydrogens is 259 g/mol. The number of urea groups is 1. The van der Waals surface area contributed by atoms with E-state index in [0.29, 0.717) is 6.54 Å². The minimum Gasteiger partial charge on any atom is -0.394 e. The number of fused-ring (bicyclic) bond motifs is 1. The average Bonchev–Trinajstić information content (AvgIpc) is 3.05. The van der Waals surface area contributed by atoms with Crippen LogP contribution in [0.25, 0.3) is 0 Å². The lowest BCUT2D eigenvalue weighted by atomic mass is 10.1. The Labute approximate surface area is 117 Å². The second kappa shape index (κ2) is 5.40. The fourth-order valence-corrected chi connectivity index (χ4v) is 3.26. The highest BCUT2D eigenvalue weighted by atomic mass is 19.1. The van der Waals surface area contributed by atoms with Crippen molar-refractivity contribution in [2.24, 2.45) is 0 Å². The summed E-state index contributed by atoms with van der Waals surface area (Å²) in [6.07, 6.45) is 3.39. The standard InChI is InChI=1S/C15H19FN2O2/c16-11-4-5-13-10(8-11)3-6-14(13)17-15(20)18-7-1-2-12(18)9-19/h4-5,8,12,14,19H,1-3,6-7,9H2,(H,17,20). The van der Waals surface area contributed by atoms with Gasteiger partial charge in [0, 0.05) is 6.54 Å². The van der Waals surface area contributed by atoms with Gasteiger partial charge in [-0.05, 0) is 48.9 Å². The van der Waals surface area contributed by atoms with E-state index in [0.717, 1.165) is 36.8 Å². The normalized spacial score (nSPS) is 24.8. The van der Waals surface area contributed by atoms with Gasteiger partial charge in [-0.1, -0.05) is 6.07 Å². The molecule has 0 spiro atoms. The SMILES string of the molecule is O=C(NC1CCc2cc(F)ccc21)N1CCCC1CO. The van der Waals surface area contributed by atoms with E-state index in [1.165, 1.54) is 6.07 Å². The summed E-state index contributed by atoms with van der Waals surface area (Å²) in [6.45, 7) is 0.708. The maximum absolute atomic E-state index is 13.2. The molecule has 1 aromatic rings. The fourth-order valence-electron chi connectivity index (χ4n) is 3.26. The molecule has 2 unspecified atom stereocenters. The van der Waals surface area contributed by atoms with Gasteiger partial charge in [-0.25, -0.2) is 9.18 Å². The van der Waals surface area contributed by atoms with Crippen LogP contribution in [0.15, 0.2) is 18.2 Å². The van der Waals surface area contributed by atoms with E-state index in [9.17, 15) is 14.3 Å². The molecule has 1 aliphatic heterocycles. The quantitative estimate of drug-likeness (QED) is 0.869. The Morgan fingerprint density at radius 2 is 2.30 bits per heavy atom. The molecule has 108 valence electrons. The molecule has 4 nitrogen and oxygen atoms in total. The summed E-state index contributed by atoms with van der Waals surface area (Å²) in [6, 6.07) is 4.52. The lowest BCUT2D eigenvalue weighted by molar-refractivity contribution is 0.154. The minimum absolute atomic E-state index is 0.0138. The molecule has 1 saturated heterocycles. The molecule has 0 bridgehead atoms. The van der Waals surface area contributed by atoms with Crippen LogP contribution in [0.2, 0.25) is 0 Å². The monoisotopic (exact) mass is 278 g/mol. The Morgan fingerprint density at radius 1 is 1.45 bits per heavy atom. The number of hydrogen-bond donors (Lipinski definition) is 2. The molecule has 2 aliphatic rings. The number of benzene rings is 1. The number of rotatable bonds is 2. The van der Waals surface area contributed by atoms with Crippen molar-refractivity contribution in [3.8, 4) is 0 Å². The van der Waals surface area contributed by atoms with Gasteiger partial charge in [0.1, 0.15) is 5.82 Å². The summed E-state index contributed by atoms with van der Waals surface area (Å²) in [4.78, 5) is 14.0. The molecule has 0 aromatic heterocycles. The van der Waals surface area contributed by atoms with Crippen molar-refractivity contribution in [2.75, 3.05) is 13.2 Å². The topological polar surface area (TPSA) is 52.6 Å². The van der Waals surface area contributed by atoms with E-state index in [1.807, 2.05) is 0 Å². The summed E-state index contributed by atoms with van der Waals surface area (Å²) in [7, 11) is 0. The van der Waals surface area contributed by atoms with Gasteiger partial charge in [-0.15, -0.1) is 0 Å². The molecule has 1 aromatic carbocycles. The lowest BCUT2D eigenvalue weighted by Gasteiger charge is -2.25. The van der Waals surface area contributed by atoms with Crippen LogP contribution in [-0.4, -0.2) is 35.2 Å². The molecule has 20 heavy (non-hydrogen) atoms. The third-order valence-corrected chi connectivity index (χ3v) is 4.33. The van der Waals surface area contributed by atoms with E-state index in [4.69, 9.17) is 0 Å². The maximum Gasteiger partial charge on any atom is 0.318 e. The highest BCUT2D eigenvalue weighted by molar-refractivity contribution is 5.75. The third kappa shape index (κ3) is 2.38. The number of aliphatic hydroxyl groups excluding tert-OH is 1. The highest BCUT2D eigenvalue weighted by Crippen LogP contribution is 2.32. The van der Waals surface area contributed by atoms with E-state index < -0.39 is 0 Å². The Morgan fingerprint density at radius 3 is 3.10 bits per heavy atom. The number of aryl methyl sites for hydroxylation is 1. The number of hydrogen-bond acceptors (Lipinski definition) is 2. The number of halogens is 1. The number of likely N-dealkylation sites (tertiary alicyclic amines) is 1. The number of amides is 2. The largest absolute Gasteiger partial charge is 0.394 e. The zero-order chi connectivity index (χ0) is 14.1. The molecule has 3 rings (SSSR count). The number of aliphatic hydroxyl groups is 1. The van der Waals surface area contributed by atoms with Gasteiger partial charge in [0.2, 0.25) is 0 Å². The van der Waals surface area contributed by atoms with Crippen molar-refractivity contribution in [1.82, 2.24) is 10.2 Å². The smallest absolute Gasteiger partial charge is 0.318 e. The van der Waals surface area contributed by atoms with Crippen molar-refractivity contribution in [1.29, 1.82) is 0 Å². The van der Waals surface area contributed by atoms with E-state index in [1.54, 1.807) is 17.0 Å². The predicted molar refractivity (Wildman–Crippen MR) is 72.8 cm³/mol. The van der Waals surface area contributed by atoms with Crippen LogP contribution >= 0.6 is 0 Å². The maximum atomic E-state index is 13.2. The number of nitrogens with one attached hydrogen (secondary N) is 1. The molecule has 1 fully saturated rings. The second-order valence-electron chi connectivity index (χ2n) is 5.56. The van der Waals surface area contributed by atoms with Gasteiger partial charge in [0.15, 0.2) is 0 Å². The van der Waals surface area contributed by atoms with Crippen molar-refractivity contribution >= 4 is 6.03 Å². The van der Waals surface area contributed by atoms with Crippen LogP contribution in [0.5, 0.6) is 0 Å². The third-order valence-electron chi connectivity index (χ3n) is 4.33. The predicted octanol–water partition coefficient (Wildman–Crippen LogP) is 1.98. The summed E-state index contributed by atoms with van der Waals surface area (Å²) in [5.74, 6) is -0.226. The van der Waals surface area contributed by atoms with Gasteiger partial charge in [0.25, 0.3) is 0 Å². The van der Waals surface area contributed by atoms with Crippen LogP contribution in [-0.2, 0) is 6.42 Å². The first-order valence-electron chi connectivity index (χ1n) is 7.15. The summed E-state index contributed by atoms with van der Waals surface area (Å²) in [5, 5.41) is 12.3. The first kappa shape index (κ1) is 13.4. The van der Waals surface area contributed by atoms with Crippen LogP contribution in [0, 0.1) is 5.82 Å². The van der Waals surface area contributed by atoms with Crippen molar-refractivity contribution < 1.29 is 14.3 Å². The first-order chi connectivity index (χ1) is 9.69. The average molecular weight is 278 g/mol. The van der Waals surface area contributed by atoms with Crippen molar-refractivity contribution in [3.05, 3.63) is 35.1 Å². The molecule has 0 radical (unpaired) electrons. The molecule has 1 aliphatic carbocycles. The number of carbonyl (C=O) groups is 1. The Balaban J connectivity index is 1.69. The van der Waals surface area contributed by atoms with Crippen LogP contribution in [0.3, 0.4) is 0 Å². The van der Waals surface area contributed by atoms with Gasteiger partial charge in [-0.3, -0.25) is 0 Å². The number of nitrogens with zero attached hydrogens (tertiary/aromatic N) is 1. The fraction of sp³-hybridized carbons (Fsp3) is 0.533. The number of carbonyl (C=O) groups excluding carboxylic acids is 1. The van der Waals surface area contributed by atoms with Gasteiger partial charge >= 0.3 is 6.03 Å². The van der Waals surface area contributed by atoms with E-state index >= 15 is 0 Å². The molecule has 2 atom stereocenters.